The Kier molecular flexibility index (Phi) is 7.54. The van der Waals surface area contributed by atoms with Gasteiger partial charge in [-0.25, -0.2) is 4.39 Å². The summed E-state index contributed by atoms with van der Waals surface area (Å²) in [4.78, 5) is 7.70. The summed E-state index contributed by atoms with van der Waals surface area (Å²) in [6.45, 7) is 4.23. The fourth-order valence-electron chi connectivity index (χ4n) is 3.32. The third kappa shape index (κ3) is 6.12. The zero-order valence-electron chi connectivity index (χ0n) is 16.1. The molecule has 0 amide bonds. The molecule has 0 bridgehead atoms. The second-order valence-corrected chi connectivity index (χ2v) is 6.97. The van der Waals surface area contributed by atoms with Crippen LogP contribution in [0.25, 0.3) is 0 Å². The van der Waals surface area contributed by atoms with Crippen LogP contribution < -0.4 is 0 Å². The molecule has 0 fully saturated rings. The fourth-order valence-corrected chi connectivity index (χ4v) is 3.32. The summed E-state index contributed by atoms with van der Waals surface area (Å²) < 4.78 is 18.9. The van der Waals surface area contributed by atoms with E-state index < -0.39 is 6.10 Å². The summed E-state index contributed by atoms with van der Waals surface area (Å²) >= 11 is 0. The SMILES string of the molecule is CCOC[C@H](O)CN(Cc1cccc(F)c1)C[C@@H]1CC(c2ccccc2)=NO1. The van der Waals surface area contributed by atoms with Gasteiger partial charge in [-0.15, -0.1) is 0 Å². The molecule has 28 heavy (non-hydrogen) atoms. The number of hydrogen-bond donors (Lipinski definition) is 1. The normalized spacial score (nSPS) is 17.4. The highest BCUT2D eigenvalue weighted by Gasteiger charge is 2.25. The van der Waals surface area contributed by atoms with E-state index in [1.807, 2.05) is 43.3 Å². The maximum atomic E-state index is 13.6. The maximum Gasteiger partial charge on any atom is 0.145 e. The van der Waals surface area contributed by atoms with Crippen LogP contribution in [0.15, 0.2) is 59.8 Å². The molecule has 6 heteroatoms. The first kappa shape index (κ1) is 20.5. The van der Waals surface area contributed by atoms with Gasteiger partial charge in [0, 0.05) is 32.7 Å². The van der Waals surface area contributed by atoms with E-state index >= 15 is 0 Å². The van der Waals surface area contributed by atoms with Crippen LogP contribution in [0.1, 0.15) is 24.5 Å². The Labute approximate surface area is 165 Å². The molecule has 3 rings (SSSR count). The summed E-state index contributed by atoms with van der Waals surface area (Å²) in [6.07, 6.45) is -0.0296. The minimum Gasteiger partial charge on any atom is -0.390 e. The van der Waals surface area contributed by atoms with Gasteiger partial charge in [-0.05, 0) is 30.2 Å². The standard InChI is InChI=1S/C22H27FN2O3/c1-2-27-16-20(26)14-25(13-17-7-6-10-19(23)11-17)15-21-12-22(24-28-21)18-8-4-3-5-9-18/h3-11,20-21,26H,2,12-16H2,1H3/t20-,21+/m1/s1. The van der Waals surface area contributed by atoms with E-state index in [0.29, 0.717) is 32.7 Å². The molecule has 2 atom stereocenters. The Bertz CT molecular complexity index is 769. The van der Waals surface area contributed by atoms with Crippen LogP contribution >= 0.6 is 0 Å². The van der Waals surface area contributed by atoms with Gasteiger partial charge >= 0.3 is 0 Å². The molecule has 0 aromatic heterocycles. The van der Waals surface area contributed by atoms with Crippen molar-refractivity contribution in [2.45, 2.75) is 32.1 Å². The van der Waals surface area contributed by atoms with Crippen molar-refractivity contribution in [3.8, 4) is 0 Å². The molecular formula is C22H27FN2O3. The number of aliphatic hydroxyl groups excluding tert-OH is 1. The largest absolute Gasteiger partial charge is 0.390 e. The highest BCUT2D eigenvalue weighted by Crippen LogP contribution is 2.19. The molecule has 1 aliphatic heterocycles. The van der Waals surface area contributed by atoms with Gasteiger partial charge in [-0.3, -0.25) is 4.90 Å². The van der Waals surface area contributed by atoms with Crippen LogP contribution in [0.5, 0.6) is 0 Å². The van der Waals surface area contributed by atoms with Crippen molar-refractivity contribution in [2.75, 3.05) is 26.3 Å². The first-order valence-electron chi connectivity index (χ1n) is 9.64. The molecule has 0 unspecified atom stereocenters. The molecule has 1 aliphatic rings. The monoisotopic (exact) mass is 386 g/mol. The van der Waals surface area contributed by atoms with Crippen molar-refractivity contribution in [1.29, 1.82) is 0 Å². The minimum absolute atomic E-state index is 0.108. The number of benzene rings is 2. The van der Waals surface area contributed by atoms with Gasteiger partial charge < -0.3 is 14.7 Å². The van der Waals surface area contributed by atoms with E-state index in [9.17, 15) is 9.50 Å². The number of nitrogens with zero attached hydrogens (tertiary/aromatic N) is 2. The number of halogens is 1. The van der Waals surface area contributed by atoms with Gasteiger partial charge in [0.25, 0.3) is 0 Å². The third-order valence-corrected chi connectivity index (χ3v) is 4.58. The van der Waals surface area contributed by atoms with Gasteiger partial charge in [0.1, 0.15) is 11.9 Å². The van der Waals surface area contributed by atoms with E-state index in [-0.39, 0.29) is 18.5 Å². The van der Waals surface area contributed by atoms with Crippen molar-refractivity contribution < 1.29 is 19.1 Å². The molecule has 0 radical (unpaired) electrons. The van der Waals surface area contributed by atoms with Crippen LogP contribution in [-0.2, 0) is 16.1 Å². The van der Waals surface area contributed by atoms with Crippen molar-refractivity contribution in [1.82, 2.24) is 4.90 Å². The second-order valence-electron chi connectivity index (χ2n) is 6.97. The van der Waals surface area contributed by atoms with Gasteiger partial charge in [0.15, 0.2) is 0 Å². The van der Waals surface area contributed by atoms with Crippen molar-refractivity contribution in [2.24, 2.45) is 5.16 Å². The number of rotatable bonds is 10. The highest BCUT2D eigenvalue weighted by atomic mass is 19.1. The maximum absolute atomic E-state index is 13.6. The summed E-state index contributed by atoms with van der Waals surface area (Å²) in [6, 6.07) is 16.5. The van der Waals surface area contributed by atoms with Crippen molar-refractivity contribution in [3.05, 3.63) is 71.5 Å². The first-order valence-corrected chi connectivity index (χ1v) is 9.64. The summed E-state index contributed by atoms with van der Waals surface area (Å²) in [5, 5.41) is 14.5. The van der Waals surface area contributed by atoms with Crippen molar-refractivity contribution in [3.63, 3.8) is 0 Å². The number of oxime groups is 1. The second kappa shape index (κ2) is 10.3. The van der Waals surface area contributed by atoms with E-state index in [0.717, 1.165) is 16.8 Å². The lowest BCUT2D eigenvalue weighted by Crippen LogP contribution is -2.39. The minimum atomic E-state index is -0.621. The Hall–Kier alpha value is -2.28. The van der Waals surface area contributed by atoms with Crippen LogP contribution in [0.3, 0.4) is 0 Å². The third-order valence-electron chi connectivity index (χ3n) is 4.58. The smallest absolute Gasteiger partial charge is 0.145 e. The molecular weight excluding hydrogens is 359 g/mol. The number of aliphatic hydroxyl groups is 1. The molecule has 0 aliphatic carbocycles. The van der Waals surface area contributed by atoms with Crippen LogP contribution in [0, 0.1) is 5.82 Å². The van der Waals surface area contributed by atoms with E-state index in [1.165, 1.54) is 12.1 Å². The van der Waals surface area contributed by atoms with Crippen LogP contribution in [0.2, 0.25) is 0 Å². The molecule has 1 N–H and O–H groups in total. The average molecular weight is 386 g/mol. The zero-order chi connectivity index (χ0) is 19.8. The van der Waals surface area contributed by atoms with Crippen molar-refractivity contribution >= 4 is 5.71 Å². The lowest BCUT2D eigenvalue weighted by molar-refractivity contribution is 0.000479. The van der Waals surface area contributed by atoms with Gasteiger partial charge in [-0.2, -0.15) is 0 Å². The predicted molar refractivity (Wildman–Crippen MR) is 107 cm³/mol. The predicted octanol–water partition coefficient (Wildman–Crippen LogP) is 3.22. The Morgan fingerprint density at radius 2 is 2.07 bits per heavy atom. The molecule has 0 saturated carbocycles. The Balaban J connectivity index is 1.62. The molecule has 1 heterocycles. The lowest BCUT2D eigenvalue weighted by atomic mass is 10.0. The number of ether oxygens (including phenoxy) is 1. The van der Waals surface area contributed by atoms with Gasteiger partial charge in [-0.1, -0.05) is 47.6 Å². The Morgan fingerprint density at radius 3 is 2.82 bits per heavy atom. The molecule has 0 spiro atoms. The zero-order valence-corrected chi connectivity index (χ0v) is 16.1. The molecule has 0 saturated heterocycles. The molecule has 2 aromatic rings. The first-order chi connectivity index (χ1) is 13.6. The number of hydrogen-bond acceptors (Lipinski definition) is 5. The molecule has 150 valence electrons. The van der Waals surface area contributed by atoms with Crippen LogP contribution in [-0.4, -0.2) is 54.2 Å². The van der Waals surface area contributed by atoms with E-state index in [4.69, 9.17) is 9.57 Å². The average Bonchev–Trinajstić information content (AvgIpc) is 3.15. The lowest BCUT2D eigenvalue weighted by Gasteiger charge is -2.27. The molecule has 2 aromatic carbocycles. The van der Waals surface area contributed by atoms with E-state index in [1.54, 1.807) is 6.07 Å². The van der Waals surface area contributed by atoms with Gasteiger partial charge in [0.05, 0.1) is 18.4 Å². The summed E-state index contributed by atoms with van der Waals surface area (Å²) in [5.74, 6) is -0.265. The topological polar surface area (TPSA) is 54.3 Å². The highest BCUT2D eigenvalue weighted by molar-refractivity contribution is 6.01. The van der Waals surface area contributed by atoms with Gasteiger partial charge in [0.2, 0.25) is 0 Å². The molecule has 5 nitrogen and oxygen atoms in total. The Morgan fingerprint density at radius 1 is 1.25 bits per heavy atom. The van der Waals surface area contributed by atoms with Crippen LogP contribution in [0.4, 0.5) is 4.39 Å². The quantitative estimate of drug-likeness (QED) is 0.681. The summed E-state index contributed by atoms with van der Waals surface area (Å²) in [7, 11) is 0. The fraction of sp³-hybridized carbons (Fsp3) is 0.409. The van der Waals surface area contributed by atoms with E-state index in [2.05, 4.69) is 10.1 Å². The summed E-state index contributed by atoms with van der Waals surface area (Å²) in [5.41, 5.74) is 2.83.